The quantitative estimate of drug-likeness (QED) is 0.782. The van der Waals surface area contributed by atoms with Gasteiger partial charge >= 0.3 is 0 Å². The van der Waals surface area contributed by atoms with E-state index in [0.717, 1.165) is 5.56 Å². The lowest BCUT2D eigenvalue weighted by atomic mass is 10.1. The Labute approximate surface area is 131 Å². The van der Waals surface area contributed by atoms with Crippen LogP contribution in [0, 0.1) is 6.92 Å². The highest BCUT2D eigenvalue weighted by Gasteiger charge is 2.43. The molecule has 0 aromatic heterocycles. The van der Waals surface area contributed by atoms with Crippen LogP contribution in [0.4, 0.5) is 0 Å². The average Bonchev–Trinajstić information content (AvgIpc) is 2.45. The number of sulfonamides is 1. The Bertz CT molecular complexity index is 679. The van der Waals surface area contributed by atoms with Crippen molar-refractivity contribution in [3.8, 4) is 0 Å². The third kappa shape index (κ3) is 2.84. The second-order valence-corrected chi connectivity index (χ2v) is 8.07. The number of hydrogen-bond donors (Lipinski definition) is 0. The summed E-state index contributed by atoms with van der Waals surface area (Å²) in [5.74, 6) is -0.692. The molecule has 0 spiro atoms. The second-order valence-electron chi connectivity index (χ2n) is 6.18. The number of nitrogens with zero attached hydrogens (tertiary/aromatic N) is 1. The summed E-state index contributed by atoms with van der Waals surface area (Å²) in [6.07, 6.45) is 3.49. The molecule has 1 saturated heterocycles. The van der Waals surface area contributed by atoms with E-state index in [4.69, 9.17) is 9.47 Å². The van der Waals surface area contributed by atoms with Crippen molar-refractivity contribution in [1.29, 1.82) is 0 Å². The molecule has 2 heterocycles. The summed E-state index contributed by atoms with van der Waals surface area (Å²) in [4.78, 5) is 0.303. The minimum Gasteiger partial charge on any atom is -0.349 e. The highest BCUT2D eigenvalue weighted by molar-refractivity contribution is 7.89. The molecule has 2 atom stereocenters. The first kappa shape index (κ1) is 15.7. The maximum absolute atomic E-state index is 12.9. The zero-order valence-corrected chi connectivity index (χ0v) is 13.8. The second kappa shape index (κ2) is 5.45. The van der Waals surface area contributed by atoms with Gasteiger partial charge < -0.3 is 9.47 Å². The Kier molecular flexibility index (Phi) is 3.89. The van der Waals surface area contributed by atoms with Crippen molar-refractivity contribution in [3.63, 3.8) is 0 Å². The van der Waals surface area contributed by atoms with E-state index in [1.54, 1.807) is 24.3 Å². The van der Waals surface area contributed by atoms with E-state index in [2.05, 4.69) is 0 Å². The first-order valence-corrected chi connectivity index (χ1v) is 8.81. The molecular weight excluding hydrogens is 302 g/mol. The summed E-state index contributed by atoms with van der Waals surface area (Å²) in [6, 6.07) is 6.57. The van der Waals surface area contributed by atoms with Crippen molar-refractivity contribution < 1.29 is 17.9 Å². The van der Waals surface area contributed by atoms with Gasteiger partial charge in [-0.2, -0.15) is 4.31 Å². The van der Waals surface area contributed by atoms with E-state index in [-0.39, 0.29) is 12.1 Å². The first-order valence-electron chi connectivity index (χ1n) is 7.36. The lowest BCUT2D eigenvalue weighted by Gasteiger charge is -2.45. The third-order valence-corrected chi connectivity index (χ3v) is 5.91. The Morgan fingerprint density at radius 1 is 1.23 bits per heavy atom. The number of fused-ring (bicyclic) bond motifs is 1. The molecule has 0 unspecified atom stereocenters. The Morgan fingerprint density at radius 3 is 2.59 bits per heavy atom. The smallest absolute Gasteiger partial charge is 0.243 e. The van der Waals surface area contributed by atoms with Crippen LogP contribution < -0.4 is 0 Å². The van der Waals surface area contributed by atoms with Gasteiger partial charge in [-0.25, -0.2) is 8.42 Å². The van der Waals surface area contributed by atoms with Gasteiger partial charge in [0.1, 0.15) is 0 Å². The van der Waals surface area contributed by atoms with Crippen molar-refractivity contribution in [2.24, 2.45) is 0 Å². The zero-order chi connectivity index (χ0) is 16.0. The number of ether oxygens (including phenoxy) is 2. The predicted molar refractivity (Wildman–Crippen MR) is 82.9 cm³/mol. The Morgan fingerprint density at radius 2 is 1.91 bits per heavy atom. The van der Waals surface area contributed by atoms with Crippen LogP contribution in [0.3, 0.4) is 0 Å². The molecule has 1 fully saturated rings. The molecule has 22 heavy (non-hydrogen) atoms. The molecule has 0 N–H and O–H groups in total. The van der Waals surface area contributed by atoms with E-state index in [1.807, 2.05) is 32.9 Å². The number of aryl methyl sites for hydroxylation is 1. The van der Waals surface area contributed by atoms with E-state index in [9.17, 15) is 8.42 Å². The van der Waals surface area contributed by atoms with Crippen LogP contribution in [0.1, 0.15) is 19.4 Å². The van der Waals surface area contributed by atoms with Crippen LogP contribution >= 0.6 is 0 Å². The Hall–Kier alpha value is -1.21. The molecular formula is C16H21NO4S. The maximum atomic E-state index is 12.9. The van der Waals surface area contributed by atoms with E-state index in [1.165, 1.54) is 4.31 Å². The summed E-state index contributed by atoms with van der Waals surface area (Å²) in [7, 11) is -3.56. The lowest BCUT2D eigenvalue weighted by Crippen LogP contribution is -2.58. The molecule has 2 aliphatic rings. The lowest BCUT2D eigenvalue weighted by molar-refractivity contribution is -0.279. The van der Waals surface area contributed by atoms with E-state index >= 15 is 0 Å². The van der Waals surface area contributed by atoms with Crippen molar-refractivity contribution in [2.45, 2.75) is 43.6 Å². The highest BCUT2D eigenvalue weighted by Crippen LogP contribution is 2.31. The predicted octanol–water partition coefficient (Wildman–Crippen LogP) is 2.08. The fourth-order valence-corrected chi connectivity index (χ4v) is 4.36. The van der Waals surface area contributed by atoms with Gasteiger partial charge in [-0.1, -0.05) is 29.8 Å². The Balaban J connectivity index is 1.91. The summed E-state index contributed by atoms with van der Waals surface area (Å²) in [5.41, 5.74) is 1.03. The first-order chi connectivity index (χ1) is 10.3. The molecule has 0 aliphatic carbocycles. The highest BCUT2D eigenvalue weighted by atomic mass is 32.2. The van der Waals surface area contributed by atoms with Gasteiger partial charge in [0.05, 0.1) is 23.6 Å². The fourth-order valence-electron chi connectivity index (χ4n) is 2.79. The van der Waals surface area contributed by atoms with Gasteiger partial charge in [-0.05, 0) is 32.9 Å². The summed E-state index contributed by atoms with van der Waals surface area (Å²) in [6.45, 7) is 6.27. The standard InChI is InChI=1S/C16H21NO4S/c1-12-6-8-13(9-7-12)22(18,19)17-10-4-5-15-14(17)11-20-16(2,3)21-15/h4-9,14-15H,10-11H2,1-3H3/t14-,15+/m0/s1. The number of hydrogen-bond acceptors (Lipinski definition) is 4. The van der Waals surface area contributed by atoms with Crippen molar-refractivity contribution >= 4 is 10.0 Å². The largest absolute Gasteiger partial charge is 0.349 e. The molecule has 0 bridgehead atoms. The topological polar surface area (TPSA) is 55.8 Å². The molecule has 2 aliphatic heterocycles. The van der Waals surface area contributed by atoms with Gasteiger partial charge in [-0.3, -0.25) is 0 Å². The van der Waals surface area contributed by atoms with Gasteiger partial charge in [0.25, 0.3) is 0 Å². The van der Waals surface area contributed by atoms with E-state index < -0.39 is 15.8 Å². The average molecular weight is 323 g/mol. The van der Waals surface area contributed by atoms with Crippen LogP contribution in [0.15, 0.2) is 41.3 Å². The van der Waals surface area contributed by atoms with Crippen LogP contribution in [0.2, 0.25) is 0 Å². The molecule has 5 nitrogen and oxygen atoms in total. The number of benzene rings is 1. The van der Waals surface area contributed by atoms with Gasteiger partial charge in [0, 0.05) is 6.54 Å². The summed E-state index contributed by atoms with van der Waals surface area (Å²) < 4.78 is 38.8. The number of rotatable bonds is 2. The van der Waals surface area contributed by atoms with Crippen molar-refractivity contribution in [2.75, 3.05) is 13.2 Å². The summed E-state index contributed by atoms with van der Waals surface area (Å²) >= 11 is 0. The van der Waals surface area contributed by atoms with Gasteiger partial charge in [-0.15, -0.1) is 0 Å². The van der Waals surface area contributed by atoms with Gasteiger partial charge in [0.15, 0.2) is 5.79 Å². The zero-order valence-electron chi connectivity index (χ0n) is 13.0. The van der Waals surface area contributed by atoms with Crippen molar-refractivity contribution in [1.82, 2.24) is 4.31 Å². The van der Waals surface area contributed by atoms with Gasteiger partial charge in [0.2, 0.25) is 10.0 Å². The molecule has 0 radical (unpaired) electrons. The molecule has 0 saturated carbocycles. The SMILES string of the molecule is Cc1ccc(S(=O)(=O)N2CC=C[C@H]3OC(C)(C)OC[C@@H]32)cc1. The maximum Gasteiger partial charge on any atom is 0.243 e. The molecule has 6 heteroatoms. The molecule has 3 rings (SSSR count). The minimum atomic E-state index is -3.56. The molecule has 0 amide bonds. The third-order valence-electron chi connectivity index (χ3n) is 4.01. The molecule has 1 aromatic carbocycles. The van der Waals surface area contributed by atoms with Crippen LogP contribution in [0.25, 0.3) is 0 Å². The summed E-state index contributed by atoms with van der Waals surface area (Å²) in [5, 5.41) is 0. The van der Waals surface area contributed by atoms with Crippen LogP contribution in [-0.4, -0.2) is 43.8 Å². The molecule has 1 aromatic rings. The minimum absolute atomic E-state index is 0.280. The van der Waals surface area contributed by atoms with Crippen LogP contribution in [-0.2, 0) is 19.5 Å². The molecule has 120 valence electrons. The van der Waals surface area contributed by atoms with Crippen molar-refractivity contribution in [3.05, 3.63) is 42.0 Å². The normalized spacial score (nSPS) is 28.3. The fraction of sp³-hybridized carbons (Fsp3) is 0.500. The van der Waals surface area contributed by atoms with Crippen LogP contribution in [0.5, 0.6) is 0 Å². The monoisotopic (exact) mass is 323 g/mol. The van der Waals surface area contributed by atoms with E-state index in [0.29, 0.717) is 18.0 Å².